The van der Waals surface area contributed by atoms with E-state index in [1.165, 1.54) is 69.8 Å². The predicted octanol–water partition coefficient (Wildman–Crippen LogP) is 7.88. The van der Waals surface area contributed by atoms with Gasteiger partial charge in [-0.15, -0.1) is 0 Å². The predicted molar refractivity (Wildman–Crippen MR) is 139 cm³/mol. The minimum Gasteiger partial charge on any atom is -0.295 e. The zero-order chi connectivity index (χ0) is 24.1. The van der Waals surface area contributed by atoms with E-state index in [4.69, 9.17) is 0 Å². The van der Waals surface area contributed by atoms with Crippen LogP contribution < -0.4 is 4.57 Å². The first-order valence-corrected chi connectivity index (χ1v) is 14.5. The van der Waals surface area contributed by atoms with Crippen molar-refractivity contribution in [2.75, 3.05) is 0 Å². The molecule has 1 aromatic rings. The molecule has 0 N–H and O–H groups in total. The fraction of sp³-hybridized carbons (Fsp3) is 0.750. The smallest absolute Gasteiger partial charge is 0.169 e. The van der Waals surface area contributed by atoms with Gasteiger partial charge in [0.25, 0.3) is 0 Å². The molecule has 0 saturated heterocycles. The minimum absolute atomic E-state index is 0.139. The third-order valence-electron chi connectivity index (χ3n) is 11.1. The summed E-state index contributed by atoms with van der Waals surface area (Å²) in [6, 6.07) is 7.11. The van der Waals surface area contributed by atoms with Gasteiger partial charge in [0.15, 0.2) is 24.2 Å². The molecule has 3 saturated carbocycles. The summed E-state index contributed by atoms with van der Waals surface area (Å²) in [6.45, 7) is 12.2. The maximum atomic E-state index is 13.6. The van der Waals surface area contributed by atoms with Gasteiger partial charge in [-0.1, -0.05) is 65.5 Å². The quantitative estimate of drug-likeness (QED) is 0.394. The van der Waals surface area contributed by atoms with Gasteiger partial charge in [-0.2, -0.15) is 0 Å². The van der Waals surface area contributed by atoms with Gasteiger partial charge in [-0.05, 0) is 72.5 Å². The number of Topliss-reactive ketones (excluding diaryl/α,β-unsaturated/α-hetero) is 1. The van der Waals surface area contributed by atoms with Crippen LogP contribution in [0.25, 0.3) is 0 Å². The van der Waals surface area contributed by atoms with E-state index in [1.54, 1.807) is 5.57 Å². The second-order valence-electron chi connectivity index (χ2n) is 13.4. The van der Waals surface area contributed by atoms with Gasteiger partial charge in [0.1, 0.15) is 0 Å². The molecule has 0 radical (unpaired) electrons. The topological polar surface area (TPSA) is 20.9 Å². The molecule has 1 aromatic heterocycles. The standard InChI is InChI=1S/C32H48NO/c1-22(2)10-9-11-23(3)28-21-29(34)30-26-13-12-24-20-25(33-18-7-6-8-19-33)14-16-31(24,4)27(26)15-17-32(28,30)5/h6-8,18-19,22-25,27-28H,9-17,20-21H2,1-5H3/q+1/t23-,24+,25+,27?,28-,31+,32-/m1/s1. The number of nitrogens with zero attached hydrogens (tertiary/aromatic N) is 1. The van der Waals surface area contributed by atoms with Gasteiger partial charge in [-0.25, -0.2) is 4.57 Å². The number of allylic oxidation sites excluding steroid dienone is 2. The number of aromatic nitrogens is 1. The molecule has 0 spiro atoms. The van der Waals surface area contributed by atoms with Crippen LogP contribution >= 0.6 is 0 Å². The van der Waals surface area contributed by atoms with Crippen LogP contribution in [0.4, 0.5) is 0 Å². The van der Waals surface area contributed by atoms with E-state index in [1.807, 2.05) is 0 Å². The highest BCUT2D eigenvalue weighted by Gasteiger charge is 2.58. The Morgan fingerprint density at radius 3 is 2.50 bits per heavy atom. The highest BCUT2D eigenvalue weighted by molar-refractivity contribution is 6.00. The first kappa shape index (κ1) is 24.3. The molecule has 4 aliphatic rings. The molecule has 186 valence electrons. The van der Waals surface area contributed by atoms with Crippen LogP contribution in [0.3, 0.4) is 0 Å². The van der Waals surface area contributed by atoms with Gasteiger partial charge in [0, 0.05) is 37.0 Å². The van der Waals surface area contributed by atoms with E-state index in [-0.39, 0.29) is 5.41 Å². The van der Waals surface area contributed by atoms with Crippen LogP contribution in [0.1, 0.15) is 111 Å². The van der Waals surface area contributed by atoms with Crippen molar-refractivity contribution in [1.82, 2.24) is 0 Å². The van der Waals surface area contributed by atoms with Crippen molar-refractivity contribution in [2.45, 2.75) is 111 Å². The lowest BCUT2D eigenvalue weighted by atomic mass is 9.48. The maximum Gasteiger partial charge on any atom is 0.169 e. The van der Waals surface area contributed by atoms with Crippen LogP contribution in [-0.4, -0.2) is 5.78 Å². The van der Waals surface area contributed by atoms with Crippen molar-refractivity contribution >= 4 is 5.78 Å². The van der Waals surface area contributed by atoms with E-state index >= 15 is 0 Å². The third kappa shape index (κ3) is 4.01. The minimum atomic E-state index is 0.139. The second-order valence-corrected chi connectivity index (χ2v) is 13.4. The number of rotatable bonds is 6. The zero-order valence-corrected chi connectivity index (χ0v) is 22.5. The Bertz CT molecular complexity index is 932. The zero-order valence-electron chi connectivity index (χ0n) is 22.5. The molecule has 0 bridgehead atoms. The third-order valence-corrected chi connectivity index (χ3v) is 11.1. The summed E-state index contributed by atoms with van der Waals surface area (Å²) >= 11 is 0. The number of hydrogen-bond donors (Lipinski definition) is 0. The van der Waals surface area contributed by atoms with Crippen molar-refractivity contribution in [3.05, 3.63) is 41.7 Å². The second kappa shape index (κ2) is 9.21. The van der Waals surface area contributed by atoms with Crippen molar-refractivity contribution < 1.29 is 9.36 Å². The Hall–Kier alpha value is -1.44. The van der Waals surface area contributed by atoms with Crippen molar-refractivity contribution in [3.8, 4) is 0 Å². The summed E-state index contributed by atoms with van der Waals surface area (Å²) in [6.07, 6.45) is 18.2. The number of hydrogen-bond acceptors (Lipinski definition) is 1. The van der Waals surface area contributed by atoms with E-state index in [2.05, 4.69) is 69.8 Å². The average molecular weight is 463 g/mol. The summed E-state index contributed by atoms with van der Waals surface area (Å²) in [7, 11) is 0. The van der Waals surface area contributed by atoms with Crippen LogP contribution in [0, 0.1) is 40.4 Å². The molecule has 0 aliphatic heterocycles. The van der Waals surface area contributed by atoms with Crippen LogP contribution in [-0.2, 0) is 4.79 Å². The molecule has 3 fully saturated rings. The Morgan fingerprint density at radius 2 is 1.76 bits per heavy atom. The Balaban J connectivity index is 1.37. The largest absolute Gasteiger partial charge is 0.295 e. The molecular weight excluding hydrogens is 414 g/mol. The first-order chi connectivity index (χ1) is 16.2. The van der Waals surface area contributed by atoms with Crippen molar-refractivity contribution in [2.24, 2.45) is 40.4 Å². The highest BCUT2D eigenvalue weighted by Crippen LogP contribution is 2.65. The molecule has 0 amide bonds. The van der Waals surface area contributed by atoms with Gasteiger partial charge in [0.2, 0.25) is 0 Å². The molecular formula is C32H48NO+. The lowest BCUT2D eigenvalue weighted by Crippen LogP contribution is -2.51. The molecule has 1 heterocycles. The lowest BCUT2D eigenvalue weighted by Gasteiger charge is -2.56. The van der Waals surface area contributed by atoms with Crippen LogP contribution in [0.2, 0.25) is 0 Å². The van der Waals surface area contributed by atoms with Crippen LogP contribution in [0.5, 0.6) is 0 Å². The molecule has 34 heavy (non-hydrogen) atoms. The van der Waals surface area contributed by atoms with Gasteiger partial charge in [-0.3, -0.25) is 4.79 Å². The average Bonchev–Trinajstić information content (AvgIpc) is 3.09. The molecule has 4 aliphatic carbocycles. The lowest BCUT2D eigenvalue weighted by molar-refractivity contribution is -0.727. The maximum absolute atomic E-state index is 13.6. The Kier molecular flexibility index (Phi) is 6.57. The molecule has 2 nitrogen and oxygen atoms in total. The van der Waals surface area contributed by atoms with Crippen molar-refractivity contribution in [1.29, 1.82) is 0 Å². The van der Waals surface area contributed by atoms with E-state index in [9.17, 15) is 4.79 Å². The van der Waals surface area contributed by atoms with E-state index in [0.29, 0.717) is 35.0 Å². The van der Waals surface area contributed by atoms with Gasteiger partial charge < -0.3 is 0 Å². The molecule has 5 rings (SSSR count). The highest BCUT2D eigenvalue weighted by atomic mass is 16.1. The van der Waals surface area contributed by atoms with Crippen molar-refractivity contribution in [3.63, 3.8) is 0 Å². The number of ketones is 1. The van der Waals surface area contributed by atoms with E-state index in [0.717, 1.165) is 18.3 Å². The summed E-state index contributed by atoms with van der Waals surface area (Å²) in [5.41, 5.74) is 3.49. The van der Waals surface area contributed by atoms with E-state index < -0.39 is 0 Å². The number of pyridine rings is 1. The summed E-state index contributed by atoms with van der Waals surface area (Å²) in [5.74, 6) is 3.97. The fourth-order valence-electron chi connectivity index (χ4n) is 9.14. The fourth-order valence-corrected chi connectivity index (χ4v) is 9.14. The molecule has 7 atom stereocenters. The number of fused-ring (bicyclic) bond motifs is 4. The molecule has 2 heteroatoms. The van der Waals surface area contributed by atoms with Gasteiger partial charge >= 0.3 is 0 Å². The molecule has 0 aromatic carbocycles. The summed E-state index contributed by atoms with van der Waals surface area (Å²) in [5, 5.41) is 0. The number of carbonyl (C=O) groups excluding carboxylic acids is 1. The molecule has 1 unspecified atom stereocenters. The SMILES string of the molecule is CC(C)CCC[C@@H](C)[C@H]1CC(=O)C2=C3CC[C@H]4C[C@@H]([n+]5ccccc5)CC[C@]4(C)C3CC[C@@]21C. The monoisotopic (exact) mass is 462 g/mol. The Labute approximate surface area is 208 Å². The summed E-state index contributed by atoms with van der Waals surface area (Å²) in [4.78, 5) is 13.6. The van der Waals surface area contributed by atoms with Crippen LogP contribution in [0.15, 0.2) is 41.7 Å². The normalized spacial score (nSPS) is 38.5. The van der Waals surface area contributed by atoms with Gasteiger partial charge in [0.05, 0.1) is 0 Å². The Morgan fingerprint density at radius 1 is 1.00 bits per heavy atom. The summed E-state index contributed by atoms with van der Waals surface area (Å²) < 4.78 is 2.46. The number of carbonyl (C=O) groups is 1. The first-order valence-electron chi connectivity index (χ1n) is 14.5.